The fourth-order valence-corrected chi connectivity index (χ4v) is 0.925. The Kier molecular flexibility index (Phi) is 3.02. The first-order chi connectivity index (χ1) is 6.17. The monoisotopic (exact) mass is 186 g/mol. The van der Waals surface area contributed by atoms with Gasteiger partial charge in [-0.05, 0) is 17.7 Å². The molecular formula is C8H8F2N2O. The molecule has 0 bridgehead atoms. The van der Waals surface area contributed by atoms with Crippen LogP contribution in [0.5, 0.6) is 0 Å². The summed E-state index contributed by atoms with van der Waals surface area (Å²) >= 11 is 0. The Morgan fingerprint density at radius 2 is 2.23 bits per heavy atom. The Hall–Kier alpha value is -1.36. The Morgan fingerprint density at radius 1 is 1.54 bits per heavy atom. The maximum Gasteiger partial charge on any atom is 0.280 e. The second-order valence-corrected chi connectivity index (χ2v) is 2.45. The predicted octanol–water partition coefficient (Wildman–Crippen LogP) is 1.29. The van der Waals surface area contributed by atoms with E-state index in [0.29, 0.717) is 11.8 Å². The van der Waals surface area contributed by atoms with Gasteiger partial charge in [-0.1, -0.05) is 0 Å². The predicted molar refractivity (Wildman–Crippen MR) is 42.5 cm³/mol. The van der Waals surface area contributed by atoms with E-state index in [2.05, 4.69) is 4.98 Å². The second-order valence-electron chi connectivity index (χ2n) is 2.45. The lowest BCUT2D eigenvalue weighted by molar-refractivity contribution is 0.111. The van der Waals surface area contributed by atoms with Crippen LogP contribution in [0, 0.1) is 0 Å². The topological polar surface area (TPSA) is 56.0 Å². The molecule has 1 heterocycles. The molecule has 1 aromatic rings. The molecule has 0 amide bonds. The van der Waals surface area contributed by atoms with Crippen molar-refractivity contribution in [3.8, 4) is 0 Å². The van der Waals surface area contributed by atoms with Crippen molar-refractivity contribution in [1.82, 2.24) is 4.98 Å². The maximum atomic E-state index is 12.2. The number of nitrogens with two attached hydrogens (primary N) is 1. The Bertz CT molecular complexity index is 315. The smallest absolute Gasteiger partial charge is 0.280 e. The van der Waals surface area contributed by atoms with Crippen LogP contribution in [0.15, 0.2) is 12.1 Å². The molecule has 0 atom stereocenters. The quantitative estimate of drug-likeness (QED) is 0.723. The van der Waals surface area contributed by atoms with E-state index < -0.39 is 12.1 Å². The van der Waals surface area contributed by atoms with E-state index in [1.54, 1.807) is 0 Å². The van der Waals surface area contributed by atoms with Crippen LogP contribution < -0.4 is 5.73 Å². The average Bonchev–Trinajstić information content (AvgIpc) is 2.16. The fourth-order valence-electron chi connectivity index (χ4n) is 0.925. The van der Waals surface area contributed by atoms with Gasteiger partial charge in [0.15, 0.2) is 6.29 Å². The van der Waals surface area contributed by atoms with E-state index in [4.69, 9.17) is 5.73 Å². The minimum Gasteiger partial charge on any atom is -0.326 e. The highest BCUT2D eigenvalue weighted by Crippen LogP contribution is 2.17. The Morgan fingerprint density at radius 3 is 2.69 bits per heavy atom. The molecule has 13 heavy (non-hydrogen) atoms. The number of carbonyl (C=O) groups excluding carboxylic acids is 1. The van der Waals surface area contributed by atoms with Gasteiger partial charge in [0.25, 0.3) is 6.43 Å². The number of hydrogen-bond acceptors (Lipinski definition) is 3. The van der Waals surface area contributed by atoms with Crippen molar-refractivity contribution in [2.75, 3.05) is 0 Å². The molecule has 3 nitrogen and oxygen atoms in total. The molecule has 0 unspecified atom stereocenters. The van der Waals surface area contributed by atoms with E-state index in [1.165, 1.54) is 12.1 Å². The molecule has 0 aromatic carbocycles. The van der Waals surface area contributed by atoms with Crippen molar-refractivity contribution in [2.45, 2.75) is 13.0 Å². The van der Waals surface area contributed by atoms with Gasteiger partial charge in [-0.3, -0.25) is 4.79 Å². The first kappa shape index (κ1) is 9.73. The van der Waals surface area contributed by atoms with Gasteiger partial charge in [-0.25, -0.2) is 13.8 Å². The molecule has 0 spiro atoms. The summed E-state index contributed by atoms with van der Waals surface area (Å²) in [5.41, 5.74) is 5.31. The number of aromatic nitrogens is 1. The molecule has 70 valence electrons. The highest BCUT2D eigenvalue weighted by Gasteiger charge is 2.10. The maximum absolute atomic E-state index is 12.2. The van der Waals surface area contributed by atoms with E-state index in [-0.39, 0.29) is 12.2 Å². The number of rotatable bonds is 3. The van der Waals surface area contributed by atoms with Crippen molar-refractivity contribution < 1.29 is 13.6 Å². The summed E-state index contributed by atoms with van der Waals surface area (Å²) in [4.78, 5) is 13.7. The van der Waals surface area contributed by atoms with Crippen LogP contribution in [0.3, 0.4) is 0 Å². The summed E-state index contributed by atoms with van der Waals surface area (Å²) in [6, 6.07) is 2.58. The molecule has 0 radical (unpaired) electrons. The molecule has 0 saturated carbocycles. The van der Waals surface area contributed by atoms with Crippen LogP contribution >= 0.6 is 0 Å². The number of aldehydes is 1. The number of alkyl halides is 2. The summed E-state index contributed by atoms with van der Waals surface area (Å²) in [6.45, 7) is 0.114. The van der Waals surface area contributed by atoms with E-state index >= 15 is 0 Å². The minimum absolute atomic E-state index is 0.0155. The summed E-state index contributed by atoms with van der Waals surface area (Å²) in [7, 11) is 0. The van der Waals surface area contributed by atoms with Crippen LogP contribution in [-0.2, 0) is 6.54 Å². The van der Waals surface area contributed by atoms with Crippen LogP contribution in [0.4, 0.5) is 8.78 Å². The molecule has 5 heteroatoms. The van der Waals surface area contributed by atoms with Gasteiger partial charge < -0.3 is 5.73 Å². The molecule has 0 aliphatic heterocycles. The van der Waals surface area contributed by atoms with Gasteiger partial charge in [0, 0.05) is 6.54 Å². The Balaban J connectivity index is 3.14. The zero-order chi connectivity index (χ0) is 9.84. The third kappa shape index (κ3) is 2.29. The highest BCUT2D eigenvalue weighted by atomic mass is 19.3. The first-order valence-electron chi connectivity index (χ1n) is 3.61. The summed E-state index contributed by atoms with van der Waals surface area (Å²) in [5.74, 6) is 0. The van der Waals surface area contributed by atoms with E-state index in [0.717, 1.165) is 0 Å². The third-order valence-electron chi connectivity index (χ3n) is 1.50. The second kappa shape index (κ2) is 4.04. The zero-order valence-electron chi connectivity index (χ0n) is 6.71. The molecule has 2 N–H and O–H groups in total. The van der Waals surface area contributed by atoms with Gasteiger partial charge >= 0.3 is 0 Å². The standard InChI is InChI=1S/C8H8F2N2O/c9-8(10)7-2-5(3-11)1-6(4-13)12-7/h1-2,4,8H,3,11H2. The van der Waals surface area contributed by atoms with Crippen LogP contribution in [0.2, 0.25) is 0 Å². The molecule has 0 aliphatic rings. The van der Waals surface area contributed by atoms with Gasteiger partial charge in [0.2, 0.25) is 0 Å². The molecule has 0 fully saturated rings. The van der Waals surface area contributed by atoms with E-state index in [9.17, 15) is 13.6 Å². The zero-order valence-corrected chi connectivity index (χ0v) is 6.71. The molecule has 1 rings (SSSR count). The molecule has 0 saturated heterocycles. The first-order valence-corrected chi connectivity index (χ1v) is 3.61. The minimum atomic E-state index is -2.68. The fraction of sp³-hybridized carbons (Fsp3) is 0.250. The lowest BCUT2D eigenvalue weighted by Crippen LogP contribution is -2.02. The van der Waals surface area contributed by atoms with Crippen molar-refractivity contribution >= 4 is 6.29 Å². The van der Waals surface area contributed by atoms with Crippen molar-refractivity contribution in [3.05, 3.63) is 29.1 Å². The number of pyridine rings is 1. The number of halogens is 2. The third-order valence-corrected chi connectivity index (χ3v) is 1.50. The SMILES string of the molecule is NCc1cc(C=O)nc(C(F)F)c1. The Labute approximate surface area is 73.6 Å². The average molecular weight is 186 g/mol. The van der Waals surface area contributed by atoms with Gasteiger partial charge in [0.05, 0.1) is 0 Å². The van der Waals surface area contributed by atoms with Crippen molar-refractivity contribution in [1.29, 1.82) is 0 Å². The number of hydrogen-bond donors (Lipinski definition) is 1. The summed E-state index contributed by atoms with van der Waals surface area (Å²) in [6.07, 6.45) is -2.25. The number of carbonyl (C=O) groups is 1. The van der Waals surface area contributed by atoms with Gasteiger partial charge in [0.1, 0.15) is 11.4 Å². The molecule has 1 aromatic heterocycles. The van der Waals surface area contributed by atoms with Crippen LogP contribution in [-0.4, -0.2) is 11.3 Å². The summed E-state index contributed by atoms with van der Waals surface area (Å²) < 4.78 is 24.4. The van der Waals surface area contributed by atoms with Crippen LogP contribution in [0.1, 0.15) is 28.2 Å². The van der Waals surface area contributed by atoms with Crippen LogP contribution in [0.25, 0.3) is 0 Å². The van der Waals surface area contributed by atoms with Gasteiger partial charge in [-0.15, -0.1) is 0 Å². The molecular weight excluding hydrogens is 178 g/mol. The van der Waals surface area contributed by atoms with Gasteiger partial charge in [-0.2, -0.15) is 0 Å². The largest absolute Gasteiger partial charge is 0.326 e. The van der Waals surface area contributed by atoms with Crippen molar-refractivity contribution in [2.24, 2.45) is 5.73 Å². The van der Waals surface area contributed by atoms with E-state index in [1.807, 2.05) is 0 Å². The lowest BCUT2D eigenvalue weighted by Gasteiger charge is -2.02. The normalized spacial score (nSPS) is 10.5. The molecule has 0 aliphatic carbocycles. The lowest BCUT2D eigenvalue weighted by atomic mass is 10.2. The van der Waals surface area contributed by atoms with Crippen molar-refractivity contribution in [3.63, 3.8) is 0 Å². The summed E-state index contributed by atoms with van der Waals surface area (Å²) in [5, 5.41) is 0. The number of nitrogens with zero attached hydrogens (tertiary/aromatic N) is 1. The highest BCUT2D eigenvalue weighted by molar-refractivity contribution is 5.72.